The molecule has 4 aromatic rings. The Kier molecular flexibility index (Phi) is 6.82. The van der Waals surface area contributed by atoms with Crippen molar-refractivity contribution < 1.29 is 4.79 Å². The second kappa shape index (κ2) is 9.94. The molecule has 8 nitrogen and oxygen atoms in total. The van der Waals surface area contributed by atoms with Crippen LogP contribution in [0.4, 0.5) is 5.13 Å². The molecule has 0 aliphatic rings. The second-order valence-electron chi connectivity index (χ2n) is 7.70. The number of rotatable bonds is 7. The van der Waals surface area contributed by atoms with Crippen molar-refractivity contribution in [2.45, 2.75) is 30.5 Å². The van der Waals surface area contributed by atoms with E-state index in [1.807, 2.05) is 26.0 Å². The number of thioether (sulfide) groups is 1. The van der Waals surface area contributed by atoms with E-state index in [2.05, 4.69) is 26.7 Å². The first-order valence-corrected chi connectivity index (χ1v) is 12.0. The summed E-state index contributed by atoms with van der Waals surface area (Å²) in [6.45, 7) is 4.39. The fourth-order valence-electron chi connectivity index (χ4n) is 3.17. The van der Waals surface area contributed by atoms with Gasteiger partial charge >= 0.3 is 0 Å². The van der Waals surface area contributed by atoms with E-state index in [4.69, 9.17) is 5.26 Å². The Morgan fingerprint density at radius 3 is 2.58 bits per heavy atom. The second-order valence-corrected chi connectivity index (χ2v) is 9.90. The quantitative estimate of drug-likeness (QED) is 0.312. The Labute approximate surface area is 198 Å². The zero-order valence-electron chi connectivity index (χ0n) is 18.0. The number of aromatic nitrogens is 4. The number of carbonyl (C=O) groups is 1. The topological polar surface area (TPSA) is 114 Å². The summed E-state index contributed by atoms with van der Waals surface area (Å²) < 4.78 is 2.05. The van der Waals surface area contributed by atoms with Gasteiger partial charge in [0.2, 0.25) is 5.13 Å². The van der Waals surface area contributed by atoms with Gasteiger partial charge in [0, 0.05) is 17.7 Å². The molecule has 10 heteroatoms. The van der Waals surface area contributed by atoms with Crippen LogP contribution in [0.15, 0.2) is 57.7 Å². The normalized spacial score (nSPS) is 11.0. The minimum atomic E-state index is -0.441. The molecule has 0 saturated heterocycles. The van der Waals surface area contributed by atoms with Crippen molar-refractivity contribution in [3.05, 3.63) is 75.7 Å². The number of anilines is 1. The third-order valence-corrected chi connectivity index (χ3v) is 6.74. The first kappa shape index (κ1) is 22.6. The minimum Gasteiger partial charge on any atom is -0.295 e. The van der Waals surface area contributed by atoms with Gasteiger partial charge in [-0.15, -0.1) is 10.2 Å². The number of nitrogens with one attached hydrogen (secondary N) is 1. The highest BCUT2D eigenvalue weighted by molar-refractivity contribution is 8.00. The summed E-state index contributed by atoms with van der Waals surface area (Å²) in [5.74, 6) is 0.426. The fraction of sp³-hybridized carbons (Fsp3) is 0.217. The summed E-state index contributed by atoms with van der Waals surface area (Å²) in [5, 5.41) is 25.5. The molecule has 2 heterocycles. The lowest BCUT2D eigenvalue weighted by Crippen LogP contribution is -2.29. The van der Waals surface area contributed by atoms with E-state index in [0.29, 0.717) is 38.1 Å². The van der Waals surface area contributed by atoms with Crippen molar-refractivity contribution in [1.82, 2.24) is 20.0 Å². The molecule has 0 radical (unpaired) electrons. The zero-order chi connectivity index (χ0) is 23.4. The lowest BCUT2D eigenvalue weighted by Gasteiger charge is -2.12. The van der Waals surface area contributed by atoms with Crippen LogP contribution in [0.2, 0.25) is 0 Å². The molecular weight excluding hydrogens is 456 g/mol. The van der Waals surface area contributed by atoms with E-state index >= 15 is 0 Å². The lowest BCUT2D eigenvalue weighted by atomic mass is 10.1. The largest absolute Gasteiger partial charge is 0.295 e. The van der Waals surface area contributed by atoms with Gasteiger partial charge in [0.25, 0.3) is 11.5 Å². The Hall–Kier alpha value is -3.55. The van der Waals surface area contributed by atoms with Gasteiger partial charge in [0.1, 0.15) is 0 Å². The fourth-order valence-corrected chi connectivity index (χ4v) is 4.87. The molecule has 0 aliphatic heterocycles. The van der Waals surface area contributed by atoms with Gasteiger partial charge in [0.15, 0.2) is 10.0 Å². The van der Waals surface area contributed by atoms with Crippen LogP contribution in [-0.4, -0.2) is 25.9 Å². The van der Waals surface area contributed by atoms with Gasteiger partial charge in [0.05, 0.1) is 17.0 Å². The SMILES string of the molecule is CC(C)Cn1nc(C(=O)Nc2nnc(SCc3ccc(C#N)cc3)s2)c2ccccc2c1=O. The molecule has 2 aromatic heterocycles. The summed E-state index contributed by atoms with van der Waals surface area (Å²) in [5.41, 5.74) is 1.63. The number of carbonyl (C=O) groups excluding carboxylic acids is 1. The number of nitriles is 1. The first-order chi connectivity index (χ1) is 15.9. The third-order valence-electron chi connectivity index (χ3n) is 4.69. The smallest absolute Gasteiger partial charge is 0.278 e. The van der Waals surface area contributed by atoms with Crippen molar-refractivity contribution in [1.29, 1.82) is 5.26 Å². The van der Waals surface area contributed by atoms with Gasteiger partial charge in [-0.25, -0.2) is 4.68 Å². The predicted molar refractivity (Wildman–Crippen MR) is 129 cm³/mol. The maximum absolute atomic E-state index is 13.0. The summed E-state index contributed by atoms with van der Waals surface area (Å²) in [6, 6.07) is 16.4. The van der Waals surface area contributed by atoms with E-state index in [0.717, 1.165) is 5.56 Å². The van der Waals surface area contributed by atoms with Crippen LogP contribution < -0.4 is 10.9 Å². The molecule has 33 heavy (non-hydrogen) atoms. The molecule has 0 saturated carbocycles. The summed E-state index contributed by atoms with van der Waals surface area (Å²) in [4.78, 5) is 25.8. The highest BCUT2D eigenvalue weighted by Crippen LogP contribution is 2.29. The van der Waals surface area contributed by atoms with Crippen LogP contribution in [-0.2, 0) is 12.3 Å². The standard InChI is InChI=1S/C23H20N6O2S2/c1-14(2)12-29-21(31)18-6-4-3-5-17(18)19(28-29)20(30)25-22-26-27-23(33-22)32-13-16-9-7-15(11-24)8-10-16/h3-10,14H,12-13H2,1-2H3,(H,25,26,30). The highest BCUT2D eigenvalue weighted by atomic mass is 32.2. The Balaban J connectivity index is 1.51. The van der Waals surface area contributed by atoms with Crippen LogP contribution in [0.1, 0.15) is 35.5 Å². The number of fused-ring (bicyclic) bond motifs is 1. The van der Waals surface area contributed by atoms with Crippen LogP contribution in [0.5, 0.6) is 0 Å². The molecule has 0 bridgehead atoms. The van der Waals surface area contributed by atoms with E-state index < -0.39 is 5.91 Å². The molecule has 0 spiro atoms. The van der Waals surface area contributed by atoms with Crippen molar-refractivity contribution in [3.63, 3.8) is 0 Å². The summed E-state index contributed by atoms with van der Waals surface area (Å²) in [6.07, 6.45) is 0. The van der Waals surface area contributed by atoms with Crippen LogP contribution in [0.3, 0.4) is 0 Å². The zero-order valence-corrected chi connectivity index (χ0v) is 19.6. The van der Waals surface area contributed by atoms with Crippen molar-refractivity contribution >= 4 is 44.9 Å². The highest BCUT2D eigenvalue weighted by Gasteiger charge is 2.19. The molecule has 0 unspecified atom stereocenters. The number of amides is 1. The molecule has 0 atom stereocenters. The summed E-state index contributed by atoms with van der Waals surface area (Å²) >= 11 is 2.76. The van der Waals surface area contributed by atoms with Crippen molar-refractivity contribution in [3.8, 4) is 6.07 Å². The molecule has 0 fully saturated rings. The van der Waals surface area contributed by atoms with Crippen LogP contribution in [0, 0.1) is 17.2 Å². The molecular formula is C23H20N6O2S2. The average Bonchev–Trinajstić information content (AvgIpc) is 3.26. The summed E-state index contributed by atoms with van der Waals surface area (Å²) in [7, 11) is 0. The van der Waals surface area contributed by atoms with Gasteiger partial charge in [-0.1, -0.05) is 67.3 Å². The van der Waals surface area contributed by atoms with E-state index in [-0.39, 0.29) is 17.2 Å². The third kappa shape index (κ3) is 5.27. The van der Waals surface area contributed by atoms with E-state index in [1.165, 1.54) is 27.8 Å². The van der Waals surface area contributed by atoms with Crippen LogP contribution >= 0.6 is 23.1 Å². The molecule has 166 valence electrons. The van der Waals surface area contributed by atoms with Crippen molar-refractivity contribution in [2.75, 3.05) is 5.32 Å². The average molecular weight is 477 g/mol. The van der Waals surface area contributed by atoms with Gasteiger partial charge < -0.3 is 0 Å². The Morgan fingerprint density at radius 2 is 1.88 bits per heavy atom. The monoisotopic (exact) mass is 476 g/mol. The minimum absolute atomic E-state index is 0.174. The molecule has 0 aliphatic carbocycles. The molecule has 2 aromatic carbocycles. The van der Waals surface area contributed by atoms with Crippen molar-refractivity contribution in [2.24, 2.45) is 5.92 Å². The maximum Gasteiger partial charge on any atom is 0.278 e. The van der Waals surface area contributed by atoms with Gasteiger partial charge in [-0.05, 0) is 29.7 Å². The van der Waals surface area contributed by atoms with E-state index in [9.17, 15) is 9.59 Å². The van der Waals surface area contributed by atoms with Gasteiger partial charge in [-0.3, -0.25) is 14.9 Å². The number of hydrogen-bond acceptors (Lipinski definition) is 8. The number of hydrogen-bond donors (Lipinski definition) is 1. The number of nitrogens with zero attached hydrogens (tertiary/aromatic N) is 5. The van der Waals surface area contributed by atoms with Crippen LogP contribution in [0.25, 0.3) is 10.8 Å². The van der Waals surface area contributed by atoms with Gasteiger partial charge in [-0.2, -0.15) is 10.4 Å². The number of benzene rings is 2. The first-order valence-electron chi connectivity index (χ1n) is 10.2. The van der Waals surface area contributed by atoms with E-state index in [1.54, 1.807) is 36.4 Å². The predicted octanol–water partition coefficient (Wildman–Crippen LogP) is 4.32. The molecule has 1 amide bonds. The maximum atomic E-state index is 13.0. The Morgan fingerprint density at radius 1 is 1.15 bits per heavy atom. The molecule has 1 N–H and O–H groups in total. The lowest BCUT2D eigenvalue weighted by molar-refractivity contribution is 0.102. The Bertz CT molecular complexity index is 1400. The molecule has 4 rings (SSSR count).